The number of aliphatic hydroxyl groups excluding tert-OH is 2. The number of allylic oxidation sites excluding steroid dienone is 4. The Morgan fingerprint density at radius 1 is 1.28 bits per heavy atom. The summed E-state index contributed by atoms with van der Waals surface area (Å²) in [5.41, 5.74) is -2.50. The van der Waals surface area contributed by atoms with Gasteiger partial charge in [-0.3, -0.25) is 9.59 Å². The summed E-state index contributed by atoms with van der Waals surface area (Å²) in [6.45, 7) is 6.65. The molecule has 0 aromatic heterocycles. The van der Waals surface area contributed by atoms with Crippen LogP contribution in [-0.4, -0.2) is 58.2 Å². The minimum absolute atomic E-state index is 0. The van der Waals surface area contributed by atoms with Crippen LogP contribution in [-0.2, 0) is 19.1 Å². The molecule has 1 aliphatic heterocycles. The summed E-state index contributed by atoms with van der Waals surface area (Å²) in [7, 11) is 0. The van der Waals surface area contributed by atoms with E-state index in [0.717, 1.165) is 0 Å². The van der Waals surface area contributed by atoms with E-state index in [1.807, 2.05) is 13.8 Å². The molecule has 5 aliphatic rings. The number of carbonyl (C=O) groups excluding carboxylic acids is 2. The summed E-state index contributed by atoms with van der Waals surface area (Å²) in [5.74, 6) is -2.28. The maximum Gasteiger partial charge on any atom is 1.00 e. The fourth-order valence-electron chi connectivity index (χ4n) is 8.05. The molecule has 4 aliphatic carbocycles. The van der Waals surface area contributed by atoms with E-state index in [0.29, 0.717) is 12.0 Å². The summed E-state index contributed by atoms with van der Waals surface area (Å²) in [5, 5.41) is 21.3. The summed E-state index contributed by atoms with van der Waals surface area (Å²) in [6, 6.07) is 0. The van der Waals surface area contributed by atoms with E-state index in [-0.39, 0.29) is 67.4 Å². The van der Waals surface area contributed by atoms with Crippen molar-refractivity contribution < 1.29 is 64.7 Å². The fraction of sp³-hybridized carbons (Fsp3) is 0.750. The first-order valence-electron chi connectivity index (χ1n) is 11.2. The molecule has 3 saturated carbocycles. The number of Topliss-reactive ketones (excluding diaryl/α,β-unsaturated/α-hetero) is 1. The van der Waals surface area contributed by atoms with Gasteiger partial charge in [0.2, 0.25) is 0 Å². The van der Waals surface area contributed by atoms with Crippen LogP contribution in [0.5, 0.6) is 0 Å². The van der Waals surface area contributed by atoms with Crippen molar-refractivity contribution in [2.45, 2.75) is 76.7 Å². The molecule has 1 heterocycles. The van der Waals surface area contributed by atoms with Crippen LogP contribution in [0.1, 0.15) is 48.4 Å². The Morgan fingerprint density at radius 3 is 2.62 bits per heavy atom. The smallest absolute Gasteiger partial charge is 1.00 e. The van der Waals surface area contributed by atoms with Gasteiger partial charge in [-0.1, -0.05) is 19.9 Å². The molecular formula is C24H32FNaO6. The summed E-state index contributed by atoms with van der Waals surface area (Å²) in [6.07, 6.45) is 2.90. The molecule has 172 valence electrons. The van der Waals surface area contributed by atoms with Gasteiger partial charge in [0.15, 0.2) is 23.0 Å². The van der Waals surface area contributed by atoms with Gasteiger partial charge in [-0.05, 0) is 62.7 Å². The molecule has 32 heavy (non-hydrogen) atoms. The third-order valence-corrected chi connectivity index (χ3v) is 9.03. The van der Waals surface area contributed by atoms with Gasteiger partial charge in [-0.15, -0.1) is 0 Å². The molecule has 9 atom stereocenters. The van der Waals surface area contributed by atoms with Crippen molar-refractivity contribution in [3.8, 4) is 0 Å². The Hall–Kier alpha value is -0.410. The van der Waals surface area contributed by atoms with Gasteiger partial charge in [-0.2, -0.15) is 0 Å². The zero-order valence-electron chi connectivity index (χ0n) is 20.4. The van der Waals surface area contributed by atoms with Crippen LogP contribution in [0.3, 0.4) is 0 Å². The molecular weight excluding hydrogens is 426 g/mol. The SMILES string of the molecule is CC1(C)O[C@@H]2C[C@H]3[C@@H]4C[C@H](F)C5=CC(=O)C=C[C@]5(C)[C@H]4[C@@H](O)C[C@]3(C)[C@]2(C(=O)CO)O1.[H-].[Na+]. The quantitative estimate of drug-likeness (QED) is 0.537. The predicted octanol–water partition coefficient (Wildman–Crippen LogP) is -0.609. The average molecular weight is 459 g/mol. The summed E-state index contributed by atoms with van der Waals surface area (Å²) in [4.78, 5) is 25.1. The number of halogens is 1. The largest absolute Gasteiger partial charge is 1.00 e. The van der Waals surface area contributed by atoms with Gasteiger partial charge >= 0.3 is 29.6 Å². The fourth-order valence-corrected chi connectivity index (χ4v) is 8.05. The molecule has 4 fully saturated rings. The number of rotatable bonds is 2. The molecule has 0 bridgehead atoms. The van der Waals surface area contributed by atoms with Crippen LogP contribution in [0.15, 0.2) is 23.8 Å². The normalized spacial score (nSPS) is 50.5. The van der Waals surface area contributed by atoms with Gasteiger partial charge in [0.25, 0.3) is 0 Å². The van der Waals surface area contributed by atoms with Crippen molar-refractivity contribution in [1.82, 2.24) is 0 Å². The molecule has 6 nitrogen and oxygen atoms in total. The minimum atomic E-state index is -1.37. The van der Waals surface area contributed by atoms with Gasteiger partial charge < -0.3 is 21.1 Å². The van der Waals surface area contributed by atoms with Crippen LogP contribution < -0.4 is 29.6 Å². The Balaban J connectivity index is 0.00000153. The van der Waals surface area contributed by atoms with E-state index < -0.39 is 53.0 Å². The van der Waals surface area contributed by atoms with Crippen LogP contribution in [0.25, 0.3) is 0 Å². The number of hydrogen-bond acceptors (Lipinski definition) is 6. The number of aliphatic hydroxyl groups is 2. The van der Waals surface area contributed by atoms with Crippen LogP contribution in [0.4, 0.5) is 4.39 Å². The third kappa shape index (κ3) is 2.95. The first-order valence-corrected chi connectivity index (χ1v) is 11.2. The van der Waals surface area contributed by atoms with Crippen molar-refractivity contribution in [2.75, 3.05) is 6.61 Å². The second kappa shape index (κ2) is 7.54. The maximum absolute atomic E-state index is 15.4. The third-order valence-electron chi connectivity index (χ3n) is 9.03. The van der Waals surface area contributed by atoms with E-state index in [9.17, 15) is 19.8 Å². The Morgan fingerprint density at radius 2 is 1.97 bits per heavy atom. The zero-order valence-corrected chi connectivity index (χ0v) is 21.4. The van der Waals surface area contributed by atoms with E-state index in [2.05, 4.69) is 0 Å². The molecule has 0 amide bonds. The number of fused-ring (bicyclic) bond motifs is 7. The van der Waals surface area contributed by atoms with Gasteiger partial charge in [0, 0.05) is 16.7 Å². The van der Waals surface area contributed by atoms with Gasteiger partial charge in [0.05, 0.1) is 12.2 Å². The van der Waals surface area contributed by atoms with E-state index in [1.54, 1.807) is 19.9 Å². The molecule has 8 heteroatoms. The number of alkyl halides is 1. The monoisotopic (exact) mass is 458 g/mol. The molecule has 5 rings (SSSR count). The van der Waals surface area contributed by atoms with E-state index in [4.69, 9.17) is 9.47 Å². The number of hydrogen-bond donors (Lipinski definition) is 2. The Bertz CT molecular complexity index is 923. The second-order valence-corrected chi connectivity index (χ2v) is 11.0. The van der Waals surface area contributed by atoms with Crippen LogP contribution >= 0.6 is 0 Å². The predicted molar refractivity (Wildman–Crippen MR) is 110 cm³/mol. The number of ketones is 2. The van der Waals surface area contributed by atoms with Crippen molar-refractivity contribution in [2.24, 2.45) is 28.6 Å². The molecule has 0 spiro atoms. The zero-order chi connectivity index (χ0) is 22.6. The standard InChI is InChI=1S/C24H31FO6.Na.H/c1-21(2)30-19-9-14-13-8-16(25)15-7-12(27)5-6-22(15,3)20(13)17(28)10-23(14,4)24(19,31-21)18(29)11-26;;/h5-7,13-14,16-17,19-20,26,28H,8-11H2,1-4H3;;/q;+1;-1/t13-,14-,16-,17-,19+,20+,22-,23-,24+;;/m0../s1. The first-order chi connectivity index (χ1) is 14.4. The minimum Gasteiger partial charge on any atom is -1.00 e. The number of ether oxygens (including phenoxy) is 2. The average Bonchev–Trinajstić information content (AvgIpc) is 3.08. The maximum atomic E-state index is 15.4. The van der Waals surface area contributed by atoms with E-state index in [1.165, 1.54) is 12.2 Å². The Labute approximate surface area is 211 Å². The van der Waals surface area contributed by atoms with Gasteiger partial charge in [0.1, 0.15) is 12.8 Å². The second-order valence-electron chi connectivity index (χ2n) is 11.0. The molecule has 1 saturated heterocycles. The van der Waals surface area contributed by atoms with Crippen molar-refractivity contribution in [3.05, 3.63) is 23.8 Å². The molecule has 2 N–H and O–H groups in total. The first kappa shape index (κ1) is 24.7. The number of carbonyl (C=O) groups is 2. The van der Waals surface area contributed by atoms with Crippen molar-refractivity contribution >= 4 is 11.6 Å². The van der Waals surface area contributed by atoms with Crippen molar-refractivity contribution in [1.29, 1.82) is 0 Å². The molecule has 0 aromatic carbocycles. The van der Waals surface area contributed by atoms with E-state index >= 15 is 4.39 Å². The van der Waals surface area contributed by atoms with Crippen LogP contribution in [0.2, 0.25) is 0 Å². The molecule has 0 aromatic rings. The Kier molecular flexibility index (Phi) is 5.82. The molecule has 0 unspecified atom stereocenters. The summed E-state index contributed by atoms with van der Waals surface area (Å²) < 4.78 is 27.9. The van der Waals surface area contributed by atoms with Crippen LogP contribution in [0, 0.1) is 28.6 Å². The summed E-state index contributed by atoms with van der Waals surface area (Å²) >= 11 is 0. The van der Waals surface area contributed by atoms with Gasteiger partial charge in [-0.25, -0.2) is 4.39 Å². The topological polar surface area (TPSA) is 93.1 Å². The van der Waals surface area contributed by atoms with Crippen molar-refractivity contribution in [3.63, 3.8) is 0 Å². The molecule has 0 radical (unpaired) electrons.